The van der Waals surface area contributed by atoms with Gasteiger partial charge in [-0.15, -0.1) is 0 Å². The van der Waals surface area contributed by atoms with Gasteiger partial charge < -0.3 is 21.4 Å². The molecule has 0 aliphatic rings. The van der Waals surface area contributed by atoms with Crippen molar-refractivity contribution in [3.05, 3.63) is 36.4 Å². The molecular formula is C12H20CuN8O4. The molecule has 143 valence electrons. The first-order valence-electron chi connectivity index (χ1n) is 6.81. The molecule has 0 bridgehead atoms. The number of hydroxylamine groups is 2. The van der Waals surface area contributed by atoms with Gasteiger partial charge in [-0.25, -0.2) is 20.9 Å². The molecule has 0 spiro atoms. The molecule has 2 rings (SSSR count). The topological polar surface area (TPSA) is 208 Å². The van der Waals surface area contributed by atoms with Crippen molar-refractivity contribution in [2.45, 2.75) is 24.9 Å². The van der Waals surface area contributed by atoms with Crippen molar-refractivity contribution in [2.24, 2.45) is 11.5 Å². The van der Waals surface area contributed by atoms with E-state index < -0.39 is 23.9 Å². The van der Waals surface area contributed by atoms with E-state index in [-0.39, 0.29) is 17.1 Å². The molecule has 2 aromatic heterocycles. The van der Waals surface area contributed by atoms with Crippen LogP contribution in [0.1, 0.15) is 11.4 Å². The normalized spacial score (nSPS) is 12.0. The number of hydrogen-bond donors (Lipinski definition) is 8. The van der Waals surface area contributed by atoms with Gasteiger partial charge in [0.1, 0.15) is 0 Å². The fraction of sp³-hybridized carbons (Fsp3) is 0.333. The molecular weight excluding hydrogens is 384 g/mol. The second-order valence-electron chi connectivity index (χ2n) is 4.73. The summed E-state index contributed by atoms with van der Waals surface area (Å²) in [4.78, 5) is 34.5. The van der Waals surface area contributed by atoms with Gasteiger partial charge in [0.15, 0.2) is 0 Å². The third-order valence-electron chi connectivity index (χ3n) is 2.88. The predicted molar refractivity (Wildman–Crippen MR) is 80.4 cm³/mol. The second kappa shape index (κ2) is 12.1. The van der Waals surface area contributed by atoms with Crippen molar-refractivity contribution < 1.29 is 37.1 Å². The molecule has 0 aliphatic heterocycles. The van der Waals surface area contributed by atoms with Crippen molar-refractivity contribution in [1.82, 2.24) is 30.9 Å². The Hall–Kier alpha value is -2.28. The minimum absolute atomic E-state index is 0. The Morgan fingerprint density at radius 1 is 0.960 bits per heavy atom. The number of carbonyl (C=O) groups excluding carboxylic acids is 2. The Bertz CT molecular complexity index is 552. The van der Waals surface area contributed by atoms with E-state index in [4.69, 9.17) is 21.9 Å². The van der Waals surface area contributed by atoms with E-state index in [1.165, 1.54) is 23.6 Å². The number of imidazole rings is 2. The van der Waals surface area contributed by atoms with Gasteiger partial charge in [-0.05, 0) is 0 Å². The summed E-state index contributed by atoms with van der Waals surface area (Å²) >= 11 is 0. The van der Waals surface area contributed by atoms with Crippen LogP contribution in [0.2, 0.25) is 0 Å². The van der Waals surface area contributed by atoms with Crippen LogP contribution in [-0.2, 0) is 39.5 Å². The maximum Gasteiger partial charge on any atom is 0.260 e. The summed E-state index contributed by atoms with van der Waals surface area (Å²) in [6.07, 6.45) is 6.80. The molecule has 0 aliphatic carbocycles. The quantitative estimate of drug-likeness (QED) is 0.147. The summed E-state index contributed by atoms with van der Waals surface area (Å²) in [5, 5.41) is 16.5. The predicted octanol–water partition coefficient (Wildman–Crippen LogP) is -2.43. The summed E-state index contributed by atoms with van der Waals surface area (Å²) in [5.74, 6) is -1.21. The third kappa shape index (κ3) is 8.39. The molecule has 0 saturated carbocycles. The van der Waals surface area contributed by atoms with Gasteiger partial charge in [-0.3, -0.25) is 20.0 Å². The van der Waals surface area contributed by atoms with E-state index in [0.717, 1.165) is 11.4 Å². The van der Waals surface area contributed by atoms with Crippen molar-refractivity contribution >= 4 is 11.8 Å². The van der Waals surface area contributed by atoms with Crippen LogP contribution in [-0.4, -0.2) is 54.2 Å². The Balaban J connectivity index is 0.000000443. The van der Waals surface area contributed by atoms with Gasteiger partial charge in [-0.2, -0.15) is 0 Å². The van der Waals surface area contributed by atoms with Crippen LogP contribution in [0.5, 0.6) is 0 Å². The van der Waals surface area contributed by atoms with Crippen LogP contribution in [0.15, 0.2) is 25.0 Å². The number of nitrogens with two attached hydrogens (primary N) is 2. The molecule has 2 aromatic rings. The summed E-state index contributed by atoms with van der Waals surface area (Å²) in [6, 6.07) is -1.51. The van der Waals surface area contributed by atoms with E-state index in [9.17, 15) is 9.59 Å². The fourth-order valence-corrected chi connectivity index (χ4v) is 1.62. The Labute approximate surface area is 153 Å². The molecule has 1 radical (unpaired) electrons. The van der Waals surface area contributed by atoms with Crippen molar-refractivity contribution in [2.75, 3.05) is 0 Å². The molecule has 0 saturated heterocycles. The Kier molecular flexibility index (Phi) is 11.0. The maximum atomic E-state index is 10.7. The van der Waals surface area contributed by atoms with Crippen LogP contribution in [0.25, 0.3) is 0 Å². The fourth-order valence-electron chi connectivity index (χ4n) is 1.62. The average molecular weight is 404 g/mol. The molecule has 2 heterocycles. The molecule has 2 atom stereocenters. The smallest absolute Gasteiger partial charge is 0.260 e. The molecule has 12 nitrogen and oxygen atoms in total. The number of nitrogens with zero attached hydrogens (tertiary/aromatic N) is 2. The molecule has 0 unspecified atom stereocenters. The maximum absolute atomic E-state index is 10.7. The number of rotatable bonds is 6. The molecule has 0 fully saturated rings. The molecule has 13 heteroatoms. The van der Waals surface area contributed by atoms with Crippen molar-refractivity contribution in [3.8, 4) is 0 Å². The standard InChI is InChI=1S/2C6H10N4O2.Cu/c2*7-5(6(11)10-12)1-4-2-8-3-9-4;/h2*2-3,5,12H,1,7H2,(H,8,9)(H,10,11);/t2*5-;/m00./s1. The van der Waals surface area contributed by atoms with E-state index in [2.05, 4.69) is 19.9 Å². The van der Waals surface area contributed by atoms with Gasteiger partial charge in [0, 0.05) is 53.7 Å². The zero-order valence-electron chi connectivity index (χ0n) is 12.9. The molecule has 2 amide bonds. The number of carbonyl (C=O) groups is 2. The van der Waals surface area contributed by atoms with Crippen LogP contribution in [0.4, 0.5) is 0 Å². The number of H-pyrrole nitrogens is 2. The largest absolute Gasteiger partial charge is 0.348 e. The second-order valence-corrected chi connectivity index (χ2v) is 4.73. The van der Waals surface area contributed by atoms with E-state index in [1.54, 1.807) is 12.4 Å². The van der Waals surface area contributed by atoms with Crippen LogP contribution < -0.4 is 22.4 Å². The Morgan fingerprint density at radius 2 is 1.32 bits per heavy atom. The monoisotopic (exact) mass is 403 g/mol. The zero-order valence-corrected chi connectivity index (χ0v) is 13.9. The SMILES string of the molecule is N[C@@H](Cc1cnc[nH]1)C(=O)NO.N[C@@H](Cc1cnc[nH]1)C(=O)NO.[Cu]. The van der Waals surface area contributed by atoms with Gasteiger partial charge in [0.2, 0.25) is 0 Å². The molecule has 25 heavy (non-hydrogen) atoms. The average Bonchev–Trinajstić information content (AvgIpc) is 3.27. The van der Waals surface area contributed by atoms with Crippen molar-refractivity contribution in [1.29, 1.82) is 0 Å². The number of hydrogen-bond acceptors (Lipinski definition) is 8. The van der Waals surface area contributed by atoms with Gasteiger partial charge in [-0.1, -0.05) is 0 Å². The zero-order chi connectivity index (χ0) is 17.9. The van der Waals surface area contributed by atoms with Crippen LogP contribution >= 0.6 is 0 Å². The van der Waals surface area contributed by atoms with Crippen LogP contribution in [0.3, 0.4) is 0 Å². The first kappa shape index (κ1) is 22.7. The minimum Gasteiger partial charge on any atom is -0.348 e. The Morgan fingerprint density at radius 3 is 1.56 bits per heavy atom. The van der Waals surface area contributed by atoms with Crippen molar-refractivity contribution in [3.63, 3.8) is 0 Å². The minimum atomic E-state index is -0.754. The first-order valence-corrected chi connectivity index (χ1v) is 6.81. The summed E-state index contributed by atoms with van der Waals surface area (Å²) in [6.45, 7) is 0. The van der Waals surface area contributed by atoms with E-state index in [0.29, 0.717) is 12.8 Å². The summed E-state index contributed by atoms with van der Waals surface area (Å²) in [5.41, 5.74) is 15.3. The van der Waals surface area contributed by atoms with E-state index in [1.807, 2.05) is 0 Å². The molecule has 10 N–H and O–H groups in total. The number of amides is 2. The molecule has 0 aromatic carbocycles. The van der Waals surface area contributed by atoms with Gasteiger partial charge in [0.25, 0.3) is 11.8 Å². The first-order chi connectivity index (χ1) is 11.5. The van der Waals surface area contributed by atoms with Gasteiger partial charge >= 0.3 is 0 Å². The number of aromatic amines is 2. The number of aromatic nitrogens is 4. The van der Waals surface area contributed by atoms with Gasteiger partial charge in [0.05, 0.1) is 24.7 Å². The number of nitrogens with one attached hydrogen (secondary N) is 4. The summed E-state index contributed by atoms with van der Waals surface area (Å²) < 4.78 is 0. The van der Waals surface area contributed by atoms with E-state index >= 15 is 0 Å². The third-order valence-corrected chi connectivity index (χ3v) is 2.88. The van der Waals surface area contributed by atoms with Crippen LogP contribution in [0, 0.1) is 0 Å². The summed E-state index contributed by atoms with van der Waals surface area (Å²) in [7, 11) is 0.